The molecule has 18 heavy (non-hydrogen) atoms. The maximum atomic E-state index is 11.5. The maximum Gasteiger partial charge on any atom is 0.306 e. The first-order valence-corrected chi connectivity index (χ1v) is 7.12. The van der Waals surface area contributed by atoms with Crippen LogP contribution in [0.4, 0.5) is 5.00 Å². The minimum absolute atomic E-state index is 0.177. The van der Waals surface area contributed by atoms with Gasteiger partial charge in [-0.3, -0.25) is 9.59 Å². The van der Waals surface area contributed by atoms with Crippen LogP contribution >= 0.6 is 23.1 Å². The number of anilines is 1. The molecule has 0 aliphatic rings. The van der Waals surface area contributed by atoms with Crippen molar-refractivity contribution in [1.29, 1.82) is 5.26 Å². The number of ether oxygens (including phenoxy) is 1. The lowest BCUT2D eigenvalue weighted by molar-refractivity contribution is -0.140. The van der Waals surface area contributed by atoms with Gasteiger partial charge < -0.3 is 10.1 Å². The first kappa shape index (κ1) is 14.5. The van der Waals surface area contributed by atoms with Crippen LogP contribution in [0.3, 0.4) is 0 Å². The quantitative estimate of drug-likeness (QED) is 0.637. The van der Waals surface area contributed by atoms with Crippen LogP contribution in [-0.4, -0.2) is 30.5 Å². The van der Waals surface area contributed by atoms with E-state index in [2.05, 4.69) is 10.1 Å². The lowest BCUT2D eigenvalue weighted by atomic mass is 10.3. The van der Waals surface area contributed by atoms with Crippen molar-refractivity contribution in [2.75, 3.05) is 23.9 Å². The van der Waals surface area contributed by atoms with E-state index in [0.29, 0.717) is 16.3 Å². The second-order valence-electron chi connectivity index (χ2n) is 3.20. The maximum absolute atomic E-state index is 11.5. The SMILES string of the molecule is COC(=O)CCSCC(=O)Nc1sccc1C#N. The van der Waals surface area contributed by atoms with Gasteiger partial charge in [0, 0.05) is 5.75 Å². The lowest BCUT2D eigenvalue weighted by Crippen LogP contribution is -2.14. The molecule has 1 amide bonds. The predicted octanol–water partition coefficient (Wildman–Crippen LogP) is 1.85. The van der Waals surface area contributed by atoms with Crippen LogP contribution in [0.1, 0.15) is 12.0 Å². The second-order valence-corrected chi connectivity index (χ2v) is 5.22. The molecule has 0 radical (unpaired) electrons. The molecule has 0 aliphatic heterocycles. The Bertz CT molecular complexity index is 465. The zero-order valence-corrected chi connectivity index (χ0v) is 11.4. The van der Waals surface area contributed by atoms with E-state index in [0.717, 1.165) is 0 Å². The van der Waals surface area contributed by atoms with Crippen LogP contribution in [0.15, 0.2) is 11.4 Å². The molecule has 0 spiro atoms. The van der Waals surface area contributed by atoms with E-state index in [1.54, 1.807) is 11.4 Å². The Hall–Kier alpha value is -1.52. The van der Waals surface area contributed by atoms with Gasteiger partial charge in [0.25, 0.3) is 0 Å². The zero-order valence-electron chi connectivity index (χ0n) is 9.76. The van der Waals surface area contributed by atoms with E-state index >= 15 is 0 Å². The number of thiophene rings is 1. The third kappa shape index (κ3) is 4.77. The molecule has 96 valence electrons. The monoisotopic (exact) mass is 284 g/mol. The summed E-state index contributed by atoms with van der Waals surface area (Å²) >= 11 is 2.66. The summed E-state index contributed by atoms with van der Waals surface area (Å²) in [5.41, 5.74) is 0.466. The molecule has 0 aromatic carbocycles. The molecule has 0 fully saturated rings. The molecule has 5 nitrogen and oxygen atoms in total. The number of hydrogen-bond acceptors (Lipinski definition) is 6. The topological polar surface area (TPSA) is 79.2 Å². The Morgan fingerprint density at radius 3 is 3.06 bits per heavy atom. The number of nitrogens with zero attached hydrogens (tertiary/aromatic N) is 1. The zero-order chi connectivity index (χ0) is 13.4. The fourth-order valence-corrected chi connectivity index (χ4v) is 2.55. The van der Waals surface area contributed by atoms with Crippen molar-refractivity contribution in [1.82, 2.24) is 0 Å². The fourth-order valence-electron chi connectivity index (χ4n) is 1.08. The largest absolute Gasteiger partial charge is 0.469 e. The van der Waals surface area contributed by atoms with Crippen molar-refractivity contribution in [2.45, 2.75) is 6.42 Å². The first-order chi connectivity index (χ1) is 8.67. The number of nitrogens with one attached hydrogen (secondary N) is 1. The van der Waals surface area contributed by atoms with Gasteiger partial charge in [-0.15, -0.1) is 11.3 Å². The van der Waals surface area contributed by atoms with E-state index in [1.807, 2.05) is 6.07 Å². The molecule has 1 N–H and O–H groups in total. The molecule has 0 unspecified atom stereocenters. The lowest BCUT2D eigenvalue weighted by Gasteiger charge is -2.03. The average Bonchev–Trinajstić information content (AvgIpc) is 2.81. The van der Waals surface area contributed by atoms with Crippen LogP contribution in [0, 0.1) is 11.3 Å². The van der Waals surface area contributed by atoms with Gasteiger partial charge in [-0.2, -0.15) is 17.0 Å². The predicted molar refractivity (Wildman–Crippen MR) is 71.6 cm³/mol. The summed E-state index contributed by atoms with van der Waals surface area (Å²) in [6, 6.07) is 3.66. The Morgan fingerprint density at radius 2 is 2.39 bits per heavy atom. The molecular weight excluding hydrogens is 272 g/mol. The number of carbonyl (C=O) groups is 2. The van der Waals surface area contributed by atoms with Gasteiger partial charge in [-0.1, -0.05) is 0 Å². The normalized spacial score (nSPS) is 9.56. The third-order valence-corrected chi connectivity index (χ3v) is 3.74. The van der Waals surface area contributed by atoms with Crippen molar-refractivity contribution in [3.63, 3.8) is 0 Å². The highest BCUT2D eigenvalue weighted by Gasteiger charge is 2.08. The van der Waals surface area contributed by atoms with Crippen LogP contribution in [0.25, 0.3) is 0 Å². The van der Waals surface area contributed by atoms with Gasteiger partial charge in [0.15, 0.2) is 0 Å². The molecule has 0 atom stereocenters. The molecule has 0 saturated heterocycles. The Kier molecular flexibility index (Phi) is 6.25. The smallest absolute Gasteiger partial charge is 0.306 e. The number of esters is 1. The number of hydrogen-bond donors (Lipinski definition) is 1. The molecule has 1 aromatic rings. The van der Waals surface area contributed by atoms with E-state index in [9.17, 15) is 9.59 Å². The summed E-state index contributed by atoms with van der Waals surface area (Å²) in [6.45, 7) is 0. The van der Waals surface area contributed by atoms with E-state index in [1.165, 1.54) is 30.2 Å². The van der Waals surface area contributed by atoms with Crippen LogP contribution < -0.4 is 5.32 Å². The number of carbonyl (C=O) groups excluding carboxylic acids is 2. The molecule has 0 aliphatic carbocycles. The first-order valence-electron chi connectivity index (χ1n) is 5.09. The van der Waals surface area contributed by atoms with Crippen LogP contribution in [0.2, 0.25) is 0 Å². The standard InChI is InChI=1S/C11H12N2O3S2/c1-16-10(15)3-4-17-7-9(14)13-11-8(6-12)2-5-18-11/h2,5H,3-4,7H2,1H3,(H,13,14). The highest BCUT2D eigenvalue weighted by molar-refractivity contribution is 7.99. The Labute approximate surface area is 113 Å². The van der Waals surface area contributed by atoms with E-state index < -0.39 is 0 Å². The second kappa shape index (κ2) is 7.74. The summed E-state index contributed by atoms with van der Waals surface area (Å²) in [4.78, 5) is 22.4. The molecule has 1 heterocycles. The van der Waals surface area contributed by atoms with Gasteiger partial charge in [-0.25, -0.2) is 0 Å². The van der Waals surface area contributed by atoms with Crippen LogP contribution in [-0.2, 0) is 14.3 Å². The Morgan fingerprint density at radius 1 is 1.61 bits per heavy atom. The third-order valence-electron chi connectivity index (χ3n) is 1.95. The van der Waals surface area contributed by atoms with E-state index in [4.69, 9.17) is 5.26 Å². The summed E-state index contributed by atoms with van der Waals surface area (Å²) in [5, 5.41) is 13.7. The molecular formula is C11H12N2O3S2. The molecule has 7 heteroatoms. The highest BCUT2D eigenvalue weighted by atomic mass is 32.2. The number of amides is 1. The van der Waals surface area contributed by atoms with Gasteiger partial charge in [-0.05, 0) is 11.4 Å². The number of methoxy groups -OCH3 is 1. The highest BCUT2D eigenvalue weighted by Crippen LogP contribution is 2.22. The average molecular weight is 284 g/mol. The summed E-state index contributed by atoms with van der Waals surface area (Å²) < 4.78 is 4.49. The molecule has 0 bridgehead atoms. The Balaban J connectivity index is 2.26. The van der Waals surface area contributed by atoms with Crippen molar-refractivity contribution < 1.29 is 14.3 Å². The number of nitriles is 1. The summed E-state index contributed by atoms with van der Waals surface area (Å²) in [5.74, 6) is 0.326. The van der Waals surface area contributed by atoms with Gasteiger partial charge >= 0.3 is 5.97 Å². The van der Waals surface area contributed by atoms with Gasteiger partial charge in [0.1, 0.15) is 11.1 Å². The van der Waals surface area contributed by atoms with Crippen molar-refractivity contribution in [3.05, 3.63) is 17.0 Å². The minimum atomic E-state index is -0.284. The number of rotatable bonds is 6. The van der Waals surface area contributed by atoms with Gasteiger partial charge in [0.05, 0.1) is 24.8 Å². The molecule has 0 saturated carbocycles. The summed E-state index contributed by atoms with van der Waals surface area (Å²) in [6.07, 6.45) is 0.289. The van der Waals surface area contributed by atoms with Crippen LogP contribution in [0.5, 0.6) is 0 Å². The van der Waals surface area contributed by atoms with Crippen molar-refractivity contribution in [2.24, 2.45) is 0 Å². The fraction of sp³-hybridized carbons (Fsp3) is 0.364. The van der Waals surface area contributed by atoms with E-state index in [-0.39, 0.29) is 24.1 Å². The molecule has 1 rings (SSSR count). The summed E-state index contributed by atoms with van der Waals surface area (Å²) in [7, 11) is 1.33. The van der Waals surface area contributed by atoms with Gasteiger partial charge in [0.2, 0.25) is 5.91 Å². The number of thioether (sulfide) groups is 1. The minimum Gasteiger partial charge on any atom is -0.469 e. The van der Waals surface area contributed by atoms with Crippen molar-refractivity contribution in [3.8, 4) is 6.07 Å². The van der Waals surface area contributed by atoms with Crippen molar-refractivity contribution >= 4 is 40.0 Å². The molecule has 1 aromatic heterocycles.